The molecule has 11 heavy (non-hydrogen) atoms. The van der Waals surface area contributed by atoms with E-state index in [0.717, 1.165) is 0 Å². The number of thiol groups is 1. The maximum Gasteiger partial charge on any atom is 0.233 e. The molecule has 1 aliphatic rings. The van der Waals surface area contributed by atoms with Gasteiger partial charge in [-0.15, -0.1) is 0 Å². The second-order valence-corrected chi connectivity index (χ2v) is 3.66. The molecule has 4 heteroatoms. The lowest BCUT2D eigenvalue weighted by Crippen LogP contribution is -2.28. The van der Waals surface area contributed by atoms with Crippen molar-refractivity contribution in [3.05, 3.63) is 0 Å². The van der Waals surface area contributed by atoms with Crippen LogP contribution in [0.25, 0.3) is 0 Å². The molecule has 0 aromatic heterocycles. The lowest BCUT2D eigenvalue weighted by atomic mass is 10.1. The highest BCUT2D eigenvalue weighted by molar-refractivity contribution is 7.81. The van der Waals surface area contributed by atoms with Gasteiger partial charge in [0.05, 0.1) is 5.92 Å². The Kier molecular flexibility index (Phi) is 2.23. The summed E-state index contributed by atoms with van der Waals surface area (Å²) in [5.74, 6) is -0.408. The minimum Gasteiger partial charge on any atom is -0.285 e. The molecule has 0 bridgehead atoms. The highest BCUT2D eigenvalue weighted by atomic mass is 32.1. The normalized spacial score (nSPS) is 27.9. The molecule has 0 radical (unpaired) electrons. The largest absolute Gasteiger partial charge is 0.285 e. The average Bonchev–Trinajstić information content (AvgIpc) is 2.17. The van der Waals surface area contributed by atoms with E-state index in [2.05, 4.69) is 12.6 Å². The number of carbonyl (C=O) groups excluding carboxylic acids is 2. The summed E-state index contributed by atoms with van der Waals surface area (Å²) >= 11 is 4.13. The topological polar surface area (TPSA) is 37.4 Å². The van der Waals surface area contributed by atoms with Crippen LogP contribution >= 0.6 is 12.6 Å². The standard InChI is InChI=1S/C7H11NO2S/c1-4(11)5-3-6(9)8(2)7(5)10/h4-5,11H,3H2,1-2H3. The van der Waals surface area contributed by atoms with E-state index >= 15 is 0 Å². The third-order valence-electron chi connectivity index (χ3n) is 2.00. The molecule has 1 heterocycles. The Morgan fingerprint density at radius 3 is 2.36 bits per heavy atom. The summed E-state index contributed by atoms with van der Waals surface area (Å²) in [5.41, 5.74) is 0. The monoisotopic (exact) mass is 173 g/mol. The fraction of sp³-hybridized carbons (Fsp3) is 0.714. The van der Waals surface area contributed by atoms with Crippen molar-refractivity contribution < 1.29 is 9.59 Å². The summed E-state index contributed by atoms with van der Waals surface area (Å²) in [6.45, 7) is 1.83. The fourth-order valence-electron chi connectivity index (χ4n) is 1.16. The molecule has 0 aromatic rings. The van der Waals surface area contributed by atoms with Crippen LogP contribution in [-0.4, -0.2) is 29.0 Å². The van der Waals surface area contributed by atoms with Crippen molar-refractivity contribution in [2.75, 3.05) is 7.05 Å². The molecule has 0 aliphatic carbocycles. The molecule has 1 saturated heterocycles. The summed E-state index contributed by atoms with van der Waals surface area (Å²) in [6, 6.07) is 0. The number of likely N-dealkylation sites (tertiary alicyclic amines) is 1. The van der Waals surface area contributed by atoms with Gasteiger partial charge >= 0.3 is 0 Å². The minimum atomic E-state index is -0.212. The zero-order valence-corrected chi connectivity index (χ0v) is 7.47. The van der Waals surface area contributed by atoms with Gasteiger partial charge in [-0.05, 0) is 0 Å². The smallest absolute Gasteiger partial charge is 0.233 e. The molecular weight excluding hydrogens is 162 g/mol. The summed E-state index contributed by atoms with van der Waals surface area (Å²) in [4.78, 5) is 23.4. The molecule has 2 unspecified atom stereocenters. The number of amides is 2. The van der Waals surface area contributed by atoms with Crippen LogP contribution in [0.1, 0.15) is 13.3 Å². The second-order valence-electron chi connectivity index (χ2n) is 2.84. The average molecular weight is 173 g/mol. The Balaban J connectivity index is 2.75. The van der Waals surface area contributed by atoms with Crippen molar-refractivity contribution in [3.8, 4) is 0 Å². The predicted molar refractivity (Wildman–Crippen MR) is 44.3 cm³/mol. The molecule has 1 fully saturated rings. The summed E-state index contributed by atoms with van der Waals surface area (Å²) < 4.78 is 0. The summed E-state index contributed by atoms with van der Waals surface area (Å²) in [5, 5.41) is -0.0311. The van der Waals surface area contributed by atoms with Crippen LogP contribution in [0.3, 0.4) is 0 Å². The molecule has 0 saturated carbocycles. The van der Waals surface area contributed by atoms with Crippen molar-refractivity contribution in [3.63, 3.8) is 0 Å². The van der Waals surface area contributed by atoms with E-state index in [4.69, 9.17) is 0 Å². The second kappa shape index (κ2) is 2.85. The first-order valence-electron chi connectivity index (χ1n) is 3.52. The highest BCUT2D eigenvalue weighted by Gasteiger charge is 2.37. The Labute approximate surface area is 71.2 Å². The molecule has 62 valence electrons. The first kappa shape index (κ1) is 8.59. The molecular formula is C7H11NO2S. The Hall–Kier alpha value is -0.510. The van der Waals surface area contributed by atoms with Gasteiger partial charge in [0.1, 0.15) is 0 Å². The van der Waals surface area contributed by atoms with Gasteiger partial charge in [0.2, 0.25) is 11.8 Å². The van der Waals surface area contributed by atoms with Gasteiger partial charge in [0, 0.05) is 18.7 Å². The number of nitrogens with zero attached hydrogens (tertiary/aromatic N) is 1. The van der Waals surface area contributed by atoms with Gasteiger partial charge in [-0.3, -0.25) is 14.5 Å². The molecule has 2 atom stereocenters. The number of hydrogen-bond acceptors (Lipinski definition) is 3. The molecule has 2 amide bonds. The van der Waals surface area contributed by atoms with E-state index in [1.54, 1.807) is 0 Å². The van der Waals surface area contributed by atoms with Crippen molar-refractivity contribution in [1.29, 1.82) is 0 Å². The van der Waals surface area contributed by atoms with Gasteiger partial charge in [-0.2, -0.15) is 12.6 Å². The Morgan fingerprint density at radius 2 is 2.18 bits per heavy atom. The number of hydrogen-bond donors (Lipinski definition) is 1. The van der Waals surface area contributed by atoms with Crippen LogP contribution in [-0.2, 0) is 9.59 Å². The van der Waals surface area contributed by atoms with Gasteiger partial charge in [0.15, 0.2) is 0 Å². The van der Waals surface area contributed by atoms with E-state index in [0.29, 0.717) is 6.42 Å². The van der Waals surface area contributed by atoms with Gasteiger partial charge in [-0.25, -0.2) is 0 Å². The van der Waals surface area contributed by atoms with Crippen molar-refractivity contribution in [2.45, 2.75) is 18.6 Å². The van der Waals surface area contributed by atoms with Crippen LogP contribution in [0, 0.1) is 5.92 Å². The third-order valence-corrected chi connectivity index (χ3v) is 2.36. The van der Waals surface area contributed by atoms with Crippen LogP contribution in [0.2, 0.25) is 0 Å². The van der Waals surface area contributed by atoms with Crippen molar-refractivity contribution in [1.82, 2.24) is 4.90 Å². The number of imide groups is 1. The fourth-order valence-corrected chi connectivity index (χ4v) is 1.39. The lowest BCUT2D eigenvalue weighted by Gasteiger charge is -2.10. The summed E-state index contributed by atoms with van der Waals surface area (Å²) in [7, 11) is 1.51. The van der Waals surface area contributed by atoms with E-state index in [9.17, 15) is 9.59 Å². The third kappa shape index (κ3) is 1.40. The number of rotatable bonds is 1. The minimum absolute atomic E-state index is 0.0311. The van der Waals surface area contributed by atoms with Gasteiger partial charge in [0.25, 0.3) is 0 Å². The van der Waals surface area contributed by atoms with E-state index < -0.39 is 0 Å². The lowest BCUT2D eigenvalue weighted by molar-refractivity contribution is -0.137. The molecule has 1 rings (SSSR count). The van der Waals surface area contributed by atoms with E-state index in [-0.39, 0.29) is 23.0 Å². The predicted octanol–water partition coefficient (Wildman–Crippen LogP) is 0.310. The quantitative estimate of drug-likeness (QED) is 0.458. The van der Waals surface area contributed by atoms with Crippen molar-refractivity contribution in [2.24, 2.45) is 5.92 Å². The highest BCUT2D eigenvalue weighted by Crippen LogP contribution is 2.23. The first-order valence-corrected chi connectivity index (χ1v) is 4.04. The molecule has 1 aliphatic heterocycles. The first-order chi connectivity index (χ1) is 5.04. The maximum absolute atomic E-state index is 11.2. The zero-order chi connectivity index (χ0) is 8.59. The number of carbonyl (C=O) groups is 2. The van der Waals surface area contributed by atoms with Crippen LogP contribution in [0.4, 0.5) is 0 Å². The van der Waals surface area contributed by atoms with Crippen LogP contribution in [0.5, 0.6) is 0 Å². The Bertz CT molecular complexity index is 203. The van der Waals surface area contributed by atoms with E-state index in [1.807, 2.05) is 6.92 Å². The molecule has 0 aromatic carbocycles. The maximum atomic E-state index is 11.2. The molecule has 0 spiro atoms. The van der Waals surface area contributed by atoms with Crippen molar-refractivity contribution >= 4 is 24.4 Å². The van der Waals surface area contributed by atoms with Crippen LogP contribution < -0.4 is 0 Å². The zero-order valence-electron chi connectivity index (χ0n) is 6.57. The van der Waals surface area contributed by atoms with E-state index in [1.165, 1.54) is 11.9 Å². The SMILES string of the molecule is CC(S)C1CC(=O)N(C)C1=O. The van der Waals surface area contributed by atoms with Gasteiger partial charge in [-0.1, -0.05) is 6.92 Å². The molecule has 0 N–H and O–H groups in total. The Morgan fingerprint density at radius 1 is 1.64 bits per heavy atom. The van der Waals surface area contributed by atoms with Crippen LogP contribution in [0.15, 0.2) is 0 Å². The summed E-state index contributed by atoms with van der Waals surface area (Å²) in [6.07, 6.45) is 0.319. The molecule has 3 nitrogen and oxygen atoms in total. The van der Waals surface area contributed by atoms with Gasteiger partial charge < -0.3 is 0 Å².